The number of carbonyl (C=O) groups is 2. The summed E-state index contributed by atoms with van der Waals surface area (Å²) >= 11 is 0. The number of ether oxygens (including phenoxy) is 2. The predicted octanol–water partition coefficient (Wildman–Crippen LogP) is 4.23. The summed E-state index contributed by atoms with van der Waals surface area (Å²) in [6.07, 6.45) is -0.491. The number of hydrogen-bond acceptors (Lipinski definition) is 5. The minimum atomic E-state index is -1.10. The fourth-order valence-corrected chi connectivity index (χ4v) is 4.20. The van der Waals surface area contributed by atoms with Crippen LogP contribution in [0.4, 0.5) is 9.18 Å². The van der Waals surface area contributed by atoms with Crippen LogP contribution < -0.4 is 4.74 Å². The van der Waals surface area contributed by atoms with E-state index in [1.165, 1.54) is 36.4 Å². The highest BCUT2D eigenvalue weighted by Gasteiger charge is 2.59. The van der Waals surface area contributed by atoms with E-state index in [0.717, 1.165) is 5.56 Å². The number of carboxylic acid groups (broad SMARTS) is 1. The Bertz CT molecular complexity index is 1170. The second-order valence-corrected chi connectivity index (χ2v) is 8.25. The Morgan fingerprint density at radius 1 is 1.03 bits per heavy atom. The maximum absolute atomic E-state index is 13.2. The Labute approximate surface area is 189 Å². The highest BCUT2D eigenvalue weighted by Crippen LogP contribution is 2.48. The number of pyridine rings is 1. The van der Waals surface area contributed by atoms with Crippen molar-refractivity contribution in [2.45, 2.75) is 12.7 Å². The lowest BCUT2D eigenvalue weighted by molar-refractivity contribution is 0.0695. The molecule has 2 fully saturated rings. The Morgan fingerprint density at radius 2 is 1.73 bits per heavy atom. The van der Waals surface area contributed by atoms with E-state index >= 15 is 0 Å². The van der Waals surface area contributed by atoms with Gasteiger partial charge in [-0.1, -0.05) is 30.3 Å². The number of benzene rings is 2. The van der Waals surface area contributed by atoms with Crippen LogP contribution in [0.3, 0.4) is 0 Å². The standard InChI is InChI=1S/C25H21FN2O5/c26-18-8-6-16(7-9-18)21-10-17(24(29)30)11-22(27-21)33-23-19-12-28(13-20(19)23)25(31)32-14-15-4-2-1-3-5-15/h1-11,19-20,23H,12-14H2,(H,29,30)/t19-,20+,23-. The molecule has 3 aromatic rings. The molecule has 1 aromatic heterocycles. The van der Waals surface area contributed by atoms with Gasteiger partial charge in [-0.3, -0.25) is 0 Å². The lowest BCUT2D eigenvalue weighted by Crippen LogP contribution is -2.33. The van der Waals surface area contributed by atoms with Crippen LogP contribution in [0.15, 0.2) is 66.7 Å². The van der Waals surface area contributed by atoms with Crippen LogP contribution in [0.5, 0.6) is 5.88 Å². The Kier molecular flexibility index (Phi) is 5.42. The van der Waals surface area contributed by atoms with Crippen molar-refractivity contribution in [1.29, 1.82) is 0 Å². The summed E-state index contributed by atoms with van der Waals surface area (Å²) in [4.78, 5) is 30.0. The molecule has 33 heavy (non-hydrogen) atoms. The van der Waals surface area contributed by atoms with Crippen molar-refractivity contribution in [2.75, 3.05) is 13.1 Å². The smallest absolute Gasteiger partial charge is 0.410 e. The molecule has 5 rings (SSSR count). The van der Waals surface area contributed by atoms with Gasteiger partial charge in [-0.05, 0) is 35.9 Å². The van der Waals surface area contributed by atoms with E-state index in [9.17, 15) is 19.1 Å². The van der Waals surface area contributed by atoms with Crippen LogP contribution in [-0.2, 0) is 11.3 Å². The Hall–Kier alpha value is -3.94. The van der Waals surface area contributed by atoms with Crippen LogP contribution in [0.25, 0.3) is 11.3 Å². The second-order valence-electron chi connectivity index (χ2n) is 8.25. The average Bonchev–Trinajstić information content (AvgIpc) is 3.25. The summed E-state index contributed by atoms with van der Waals surface area (Å²) in [5.41, 5.74) is 1.95. The van der Waals surface area contributed by atoms with Gasteiger partial charge in [-0.25, -0.2) is 19.0 Å². The van der Waals surface area contributed by atoms with Crippen LogP contribution in [0.1, 0.15) is 15.9 Å². The number of amides is 1. The van der Waals surface area contributed by atoms with E-state index in [1.807, 2.05) is 30.3 Å². The molecule has 0 spiro atoms. The van der Waals surface area contributed by atoms with Crippen molar-refractivity contribution in [1.82, 2.24) is 9.88 Å². The Morgan fingerprint density at radius 3 is 2.39 bits per heavy atom. The van der Waals surface area contributed by atoms with E-state index in [2.05, 4.69) is 4.98 Å². The molecule has 3 atom stereocenters. The molecule has 1 saturated carbocycles. The molecule has 2 heterocycles. The number of carbonyl (C=O) groups excluding carboxylic acids is 1. The SMILES string of the molecule is O=C(O)c1cc(O[C@@H]2[C@@H]3CN(C(=O)OCc4ccccc4)C[C@@H]32)nc(-c2ccc(F)cc2)c1. The molecule has 1 N–H and O–H groups in total. The topological polar surface area (TPSA) is 89.0 Å². The molecule has 0 unspecified atom stereocenters. The van der Waals surface area contributed by atoms with Gasteiger partial charge in [0.15, 0.2) is 0 Å². The summed E-state index contributed by atoms with van der Waals surface area (Å²) in [6.45, 7) is 1.27. The van der Waals surface area contributed by atoms with Gasteiger partial charge in [-0.15, -0.1) is 0 Å². The highest BCUT2D eigenvalue weighted by atomic mass is 19.1. The number of rotatable bonds is 6. The number of fused-ring (bicyclic) bond motifs is 1. The molecule has 7 nitrogen and oxygen atoms in total. The minimum Gasteiger partial charge on any atom is -0.478 e. The van der Waals surface area contributed by atoms with Crippen molar-refractivity contribution >= 4 is 12.1 Å². The van der Waals surface area contributed by atoms with Gasteiger partial charge in [-0.2, -0.15) is 0 Å². The lowest BCUT2D eigenvalue weighted by atomic mass is 10.1. The van der Waals surface area contributed by atoms with Crippen molar-refractivity contribution in [3.05, 3.63) is 83.7 Å². The van der Waals surface area contributed by atoms with Gasteiger partial charge in [0, 0.05) is 36.6 Å². The van der Waals surface area contributed by atoms with E-state index in [-0.39, 0.29) is 47.9 Å². The van der Waals surface area contributed by atoms with E-state index < -0.39 is 5.97 Å². The molecule has 1 aliphatic heterocycles. The summed E-state index contributed by atoms with van der Waals surface area (Å²) in [7, 11) is 0. The number of carboxylic acids is 1. The fraction of sp³-hybridized carbons (Fsp3) is 0.240. The van der Waals surface area contributed by atoms with E-state index in [0.29, 0.717) is 24.3 Å². The number of aromatic nitrogens is 1. The molecule has 0 radical (unpaired) electrons. The molecule has 1 amide bonds. The molecule has 2 aliphatic rings. The highest BCUT2D eigenvalue weighted by molar-refractivity contribution is 5.89. The van der Waals surface area contributed by atoms with Gasteiger partial charge < -0.3 is 19.5 Å². The second kappa shape index (κ2) is 8.54. The molecule has 1 saturated heterocycles. The molecule has 2 aromatic carbocycles. The zero-order valence-electron chi connectivity index (χ0n) is 17.6. The summed E-state index contributed by atoms with van der Waals surface area (Å²) in [6, 6.07) is 18.0. The van der Waals surface area contributed by atoms with E-state index in [1.54, 1.807) is 4.90 Å². The van der Waals surface area contributed by atoms with Crippen LogP contribution >= 0.6 is 0 Å². The summed E-state index contributed by atoms with van der Waals surface area (Å²) < 4.78 is 24.6. The quantitative estimate of drug-likeness (QED) is 0.607. The Balaban J connectivity index is 1.21. The first kappa shape index (κ1) is 20.9. The first-order valence-corrected chi connectivity index (χ1v) is 10.6. The number of halogens is 1. The molecule has 1 aliphatic carbocycles. The van der Waals surface area contributed by atoms with Crippen molar-refractivity contribution < 1.29 is 28.6 Å². The predicted molar refractivity (Wildman–Crippen MR) is 116 cm³/mol. The van der Waals surface area contributed by atoms with Crippen molar-refractivity contribution in [3.8, 4) is 17.1 Å². The van der Waals surface area contributed by atoms with Crippen LogP contribution in [-0.4, -0.2) is 46.2 Å². The fourth-order valence-electron chi connectivity index (χ4n) is 4.20. The maximum Gasteiger partial charge on any atom is 0.410 e. The largest absolute Gasteiger partial charge is 0.478 e. The third kappa shape index (κ3) is 4.50. The third-order valence-electron chi connectivity index (χ3n) is 6.02. The summed E-state index contributed by atoms with van der Waals surface area (Å²) in [5, 5.41) is 9.46. The monoisotopic (exact) mass is 448 g/mol. The van der Waals surface area contributed by atoms with Crippen LogP contribution in [0.2, 0.25) is 0 Å². The van der Waals surface area contributed by atoms with Gasteiger partial charge in [0.25, 0.3) is 0 Å². The van der Waals surface area contributed by atoms with Crippen molar-refractivity contribution in [3.63, 3.8) is 0 Å². The number of piperidine rings is 1. The van der Waals surface area contributed by atoms with Crippen molar-refractivity contribution in [2.24, 2.45) is 11.8 Å². The zero-order valence-corrected chi connectivity index (χ0v) is 17.6. The zero-order chi connectivity index (χ0) is 22.9. The molecular weight excluding hydrogens is 427 g/mol. The molecule has 0 bridgehead atoms. The summed E-state index contributed by atoms with van der Waals surface area (Å²) in [5.74, 6) is -0.985. The number of likely N-dealkylation sites (tertiary alicyclic amines) is 1. The van der Waals surface area contributed by atoms with Gasteiger partial charge in [0.2, 0.25) is 5.88 Å². The normalized spacial score (nSPS) is 20.8. The maximum atomic E-state index is 13.2. The van der Waals surface area contributed by atoms with Gasteiger partial charge in [0.1, 0.15) is 18.5 Å². The number of hydrogen-bond donors (Lipinski definition) is 1. The first-order chi connectivity index (χ1) is 16.0. The number of nitrogens with zero attached hydrogens (tertiary/aromatic N) is 2. The first-order valence-electron chi connectivity index (χ1n) is 10.6. The lowest BCUT2D eigenvalue weighted by Gasteiger charge is -2.20. The van der Waals surface area contributed by atoms with Crippen LogP contribution in [0, 0.1) is 17.7 Å². The van der Waals surface area contributed by atoms with Gasteiger partial charge in [0.05, 0.1) is 11.3 Å². The minimum absolute atomic E-state index is 0.0382. The third-order valence-corrected chi connectivity index (χ3v) is 6.02. The van der Waals surface area contributed by atoms with E-state index in [4.69, 9.17) is 9.47 Å². The average molecular weight is 448 g/mol. The van der Waals surface area contributed by atoms with Gasteiger partial charge >= 0.3 is 12.1 Å². The molecular formula is C25H21FN2O5. The molecule has 8 heteroatoms. The molecule has 168 valence electrons. The number of aromatic carboxylic acids is 1.